The van der Waals surface area contributed by atoms with Gasteiger partial charge in [0.05, 0.1) is 22.7 Å². The Morgan fingerprint density at radius 2 is 2.06 bits per heavy atom. The molecule has 0 heterocycles. The maximum absolute atomic E-state index is 12.1. The molecule has 5 heteroatoms. The Balaban J connectivity index is 2.97. The van der Waals surface area contributed by atoms with E-state index in [0.717, 1.165) is 0 Å². The number of benzene rings is 1. The van der Waals surface area contributed by atoms with Crippen molar-refractivity contribution in [2.75, 3.05) is 12.3 Å². The number of nitrogens with two attached hydrogens (primary N) is 1. The second kappa shape index (κ2) is 6.07. The predicted molar refractivity (Wildman–Crippen MR) is 73.7 cm³/mol. The van der Waals surface area contributed by atoms with E-state index in [9.17, 15) is 9.90 Å². The summed E-state index contributed by atoms with van der Waals surface area (Å²) in [5, 5.41) is 12.6. The summed E-state index contributed by atoms with van der Waals surface area (Å²) in [7, 11) is 0. The second-order valence-electron chi connectivity index (χ2n) is 4.34. The molecular weight excluding hydrogens is 252 g/mol. The lowest BCUT2D eigenvalue weighted by atomic mass is 9.93. The Kier molecular flexibility index (Phi) is 4.99. The van der Waals surface area contributed by atoms with Gasteiger partial charge in [-0.2, -0.15) is 0 Å². The topological polar surface area (TPSA) is 75.3 Å². The number of halogens is 1. The third-order valence-electron chi connectivity index (χ3n) is 3.27. The van der Waals surface area contributed by atoms with Gasteiger partial charge in [-0.05, 0) is 31.0 Å². The molecule has 0 unspecified atom stereocenters. The summed E-state index contributed by atoms with van der Waals surface area (Å²) in [4.78, 5) is 12.1. The average molecular weight is 271 g/mol. The molecule has 0 fully saturated rings. The lowest BCUT2D eigenvalue weighted by Crippen LogP contribution is -2.50. The van der Waals surface area contributed by atoms with Gasteiger partial charge in [-0.1, -0.05) is 25.4 Å². The van der Waals surface area contributed by atoms with Crippen LogP contribution in [0.1, 0.15) is 37.0 Å². The summed E-state index contributed by atoms with van der Waals surface area (Å²) in [6, 6.07) is 4.76. The molecule has 0 aromatic heterocycles. The molecule has 1 rings (SSSR count). The van der Waals surface area contributed by atoms with Gasteiger partial charge in [0, 0.05) is 5.69 Å². The van der Waals surface area contributed by atoms with Gasteiger partial charge in [0.1, 0.15) is 0 Å². The smallest absolute Gasteiger partial charge is 0.253 e. The van der Waals surface area contributed by atoms with E-state index in [4.69, 9.17) is 17.3 Å². The molecule has 100 valence electrons. The van der Waals surface area contributed by atoms with E-state index in [-0.39, 0.29) is 12.5 Å². The van der Waals surface area contributed by atoms with Crippen molar-refractivity contribution >= 4 is 23.2 Å². The number of carbonyl (C=O) groups excluding carboxylic acids is 1. The third-order valence-corrected chi connectivity index (χ3v) is 3.60. The molecule has 4 nitrogen and oxygen atoms in total. The first-order valence-electron chi connectivity index (χ1n) is 5.96. The normalized spacial score (nSPS) is 11.3. The lowest BCUT2D eigenvalue weighted by molar-refractivity contribution is 0.0818. The number of nitrogen functional groups attached to an aromatic ring is 1. The first-order valence-corrected chi connectivity index (χ1v) is 6.34. The van der Waals surface area contributed by atoms with Crippen LogP contribution in [0.3, 0.4) is 0 Å². The van der Waals surface area contributed by atoms with Crippen molar-refractivity contribution in [2.45, 2.75) is 32.2 Å². The third kappa shape index (κ3) is 3.15. The van der Waals surface area contributed by atoms with Crippen LogP contribution in [-0.2, 0) is 0 Å². The van der Waals surface area contributed by atoms with Gasteiger partial charge in [-0.25, -0.2) is 0 Å². The van der Waals surface area contributed by atoms with Crippen molar-refractivity contribution in [2.24, 2.45) is 0 Å². The van der Waals surface area contributed by atoms with E-state index < -0.39 is 5.54 Å². The molecule has 1 aromatic rings. The molecule has 0 saturated carbocycles. The quantitative estimate of drug-likeness (QED) is 0.718. The summed E-state index contributed by atoms with van der Waals surface area (Å²) in [5.74, 6) is -0.315. The van der Waals surface area contributed by atoms with Crippen molar-refractivity contribution < 1.29 is 9.90 Å². The second-order valence-corrected chi connectivity index (χ2v) is 4.75. The van der Waals surface area contributed by atoms with Crippen molar-refractivity contribution in [3.05, 3.63) is 28.8 Å². The van der Waals surface area contributed by atoms with Gasteiger partial charge in [0.25, 0.3) is 5.91 Å². The zero-order chi connectivity index (χ0) is 13.8. The molecule has 4 N–H and O–H groups in total. The Hall–Kier alpha value is -1.26. The summed E-state index contributed by atoms with van der Waals surface area (Å²) >= 11 is 5.97. The Morgan fingerprint density at radius 3 is 2.56 bits per heavy atom. The molecule has 0 atom stereocenters. The van der Waals surface area contributed by atoms with E-state index in [1.165, 1.54) is 6.07 Å². The lowest BCUT2D eigenvalue weighted by Gasteiger charge is -2.30. The van der Waals surface area contributed by atoms with Crippen molar-refractivity contribution in [1.82, 2.24) is 5.32 Å². The molecule has 0 radical (unpaired) electrons. The summed E-state index contributed by atoms with van der Waals surface area (Å²) < 4.78 is 0. The van der Waals surface area contributed by atoms with Gasteiger partial charge in [-0.15, -0.1) is 0 Å². The highest BCUT2D eigenvalue weighted by Gasteiger charge is 2.28. The molecule has 0 aliphatic rings. The molecule has 0 spiro atoms. The molecule has 1 amide bonds. The number of carbonyl (C=O) groups is 1. The van der Waals surface area contributed by atoms with E-state index in [1.54, 1.807) is 12.1 Å². The van der Waals surface area contributed by atoms with E-state index >= 15 is 0 Å². The Bertz CT molecular complexity index is 423. The van der Waals surface area contributed by atoms with E-state index in [1.807, 2.05) is 13.8 Å². The number of aliphatic hydroxyl groups is 1. The number of nitrogens with one attached hydrogen (secondary N) is 1. The van der Waals surface area contributed by atoms with Crippen molar-refractivity contribution in [3.63, 3.8) is 0 Å². The van der Waals surface area contributed by atoms with Gasteiger partial charge in [0.15, 0.2) is 0 Å². The first kappa shape index (κ1) is 14.8. The molecule has 0 saturated heterocycles. The summed E-state index contributed by atoms with van der Waals surface area (Å²) in [6.07, 6.45) is 1.29. The number of anilines is 1. The van der Waals surface area contributed by atoms with Crippen LogP contribution < -0.4 is 11.1 Å². The maximum atomic E-state index is 12.1. The van der Waals surface area contributed by atoms with Crippen molar-refractivity contribution in [3.8, 4) is 0 Å². The number of rotatable bonds is 5. The molecule has 18 heavy (non-hydrogen) atoms. The van der Waals surface area contributed by atoms with Gasteiger partial charge in [-0.3, -0.25) is 4.79 Å². The van der Waals surface area contributed by atoms with Crippen molar-refractivity contribution in [1.29, 1.82) is 0 Å². The summed E-state index contributed by atoms with van der Waals surface area (Å²) in [6.45, 7) is 3.73. The number of hydrogen-bond acceptors (Lipinski definition) is 3. The fraction of sp³-hybridized carbons (Fsp3) is 0.462. The zero-order valence-corrected chi connectivity index (χ0v) is 11.4. The first-order chi connectivity index (χ1) is 8.48. The van der Waals surface area contributed by atoms with Crippen LogP contribution >= 0.6 is 11.6 Å². The number of aliphatic hydroxyl groups excluding tert-OH is 1. The van der Waals surface area contributed by atoms with Gasteiger partial charge >= 0.3 is 0 Å². The highest BCUT2D eigenvalue weighted by Crippen LogP contribution is 2.21. The van der Waals surface area contributed by atoms with E-state index in [0.29, 0.717) is 29.1 Å². The maximum Gasteiger partial charge on any atom is 0.253 e. The number of hydrogen-bond donors (Lipinski definition) is 3. The Morgan fingerprint density at radius 1 is 1.44 bits per heavy atom. The van der Waals surface area contributed by atoms with Crippen LogP contribution in [0.2, 0.25) is 5.02 Å². The number of amides is 1. The van der Waals surface area contributed by atoms with Crippen LogP contribution in [0.15, 0.2) is 18.2 Å². The minimum absolute atomic E-state index is 0.105. The largest absolute Gasteiger partial charge is 0.399 e. The average Bonchev–Trinajstić information content (AvgIpc) is 2.38. The Labute approximate surface area is 112 Å². The molecule has 1 aromatic carbocycles. The fourth-order valence-electron chi connectivity index (χ4n) is 1.71. The molecule has 0 aliphatic carbocycles. The van der Waals surface area contributed by atoms with Crippen LogP contribution in [-0.4, -0.2) is 23.2 Å². The monoisotopic (exact) mass is 270 g/mol. The highest BCUT2D eigenvalue weighted by molar-refractivity contribution is 6.34. The van der Waals surface area contributed by atoms with Crippen LogP contribution in [0.5, 0.6) is 0 Å². The van der Waals surface area contributed by atoms with Gasteiger partial charge in [0.2, 0.25) is 0 Å². The minimum atomic E-state index is -0.606. The molecule has 0 bridgehead atoms. The SMILES string of the molecule is CCC(CC)(CO)NC(=O)c1cc(N)ccc1Cl. The van der Waals surface area contributed by atoms with E-state index in [2.05, 4.69) is 5.32 Å². The predicted octanol–water partition coefficient (Wildman–Crippen LogP) is 2.20. The zero-order valence-electron chi connectivity index (χ0n) is 10.7. The van der Waals surface area contributed by atoms with Crippen LogP contribution in [0.4, 0.5) is 5.69 Å². The molecule has 0 aliphatic heterocycles. The standard InChI is InChI=1S/C13H19ClN2O2/c1-3-13(4-2,8-17)16-12(18)10-7-9(15)5-6-11(10)14/h5-7,17H,3-4,8,15H2,1-2H3,(H,16,18). The van der Waals surface area contributed by atoms with Crippen LogP contribution in [0, 0.1) is 0 Å². The highest BCUT2D eigenvalue weighted by atomic mass is 35.5. The molecular formula is C13H19ClN2O2. The fourth-order valence-corrected chi connectivity index (χ4v) is 1.92. The minimum Gasteiger partial charge on any atom is -0.399 e. The van der Waals surface area contributed by atoms with Gasteiger partial charge < -0.3 is 16.2 Å². The van der Waals surface area contributed by atoms with Crippen LogP contribution in [0.25, 0.3) is 0 Å². The summed E-state index contributed by atoms with van der Waals surface area (Å²) in [5.41, 5.74) is 5.84.